The highest BCUT2D eigenvalue weighted by atomic mass is 32.2. The first-order valence-electron chi connectivity index (χ1n) is 12.7. The summed E-state index contributed by atoms with van der Waals surface area (Å²) in [6.45, 7) is 10.2. The Bertz CT molecular complexity index is 620. The highest BCUT2D eigenvalue weighted by molar-refractivity contribution is 7.87. The molecule has 0 aliphatic carbocycles. The molecule has 0 saturated carbocycles. The number of ether oxygens (including phenoxy) is 2. The van der Waals surface area contributed by atoms with Crippen molar-refractivity contribution in [2.45, 2.75) is 90.7 Å². The molecule has 0 fully saturated rings. The number of nitrogens with one attached hydrogen (secondary N) is 1. The number of esters is 2. The third-order valence-corrected chi connectivity index (χ3v) is 5.99. The fourth-order valence-corrected chi connectivity index (χ4v) is 3.58. The van der Waals surface area contributed by atoms with Gasteiger partial charge in [0.25, 0.3) is 10.1 Å². The van der Waals surface area contributed by atoms with Crippen molar-refractivity contribution >= 4 is 22.1 Å². The van der Waals surface area contributed by atoms with E-state index >= 15 is 0 Å². The van der Waals surface area contributed by atoms with Gasteiger partial charge in [0.1, 0.15) is 0 Å². The van der Waals surface area contributed by atoms with Crippen LogP contribution in [0, 0.1) is 11.8 Å². The fraction of sp³-hybridized carbons (Fsp3) is 0.917. The van der Waals surface area contributed by atoms with Crippen molar-refractivity contribution in [3.05, 3.63) is 0 Å². The molecule has 0 saturated heterocycles. The van der Waals surface area contributed by atoms with E-state index in [2.05, 4.69) is 33.0 Å². The van der Waals surface area contributed by atoms with E-state index in [1.165, 1.54) is 0 Å². The first-order valence-corrected chi connectivity index (χ1v) is 14.2. The first kappa shape index (κ1) is 35.9. The van der Waals surface area contributed by atoms with Crippen molar-refractivity contribution < 1.29 is 42.2 Å². The maximum atomic E-state index is 12.0. The summed E-state index contributed by atoms with van der Waals surface area (Å²) in [5, 5.41) is 17.1. The third kappa shape index (κ3) is 25.6. The lowest BCUT2D eigenvalue weighted by atomic mass is 10.1. The van der Waals surface area contributed by atoms with E-state index in [0.29, 0.717) is 37.8 Å². The van der Waals surface area contributed by atoms with Gasteiger partial charge < -0.3 is 25.0 Å². The zero-order valence-electron chi connectivity index (χ0n) is 22.0. The maximum absolute atomic E-state index is 12.0. The predicted molar refractivity (Wildman–Crippen MR) is 136 cm³/mol. The van der Waals surface area contributed by atoms with Crippen molar-refractivity contribution in [3.63, 3.8) is 0 Å². The summed E-state index contributed by atoms with van der Waals surface area (Å²) in [6, 6.07) is 0. The lowest BCUT2D eigenvalue weighted by molar-refractivity contribution is -0.150. The largest absolute Gasteiger partial charge is 0.466 e. The number of hydrogen-bond donors (Lipinski definition) is 4. The molecule has 210 valence electrons. The van der Waals surface area contributed by atoms with Gasteiger partial charge in [0.05, 0.1) is 32.8 Å². The van der Waals surface area contributed by atoms with Crippen LogP contribution < -0.4 is 5.32 Å². The van der Waals surface area contributed by atoms with Crippen LogP contribution in [0.15, 0.2) is 0 Å². The number of carbonyl (C=O) groups is 2. The molecule has 0 aromatic carbocycles. The van der Waals surface area contributed by atoms with E-state index < -0.39 is 33.7 Å². The summed E-state index contributed by atoms with van der Waals surface area (Å²) in [5.74, 6) is -0.715. The quantitative estimate of drug-likeness (QED) is 0.105. The van der Waals surface area contributed by atoms with Crippen molar-refractivity contribution in [3.8, 4) is 0 Å². The Morgan fingerprint density at radius 3 is 1.63 bits per heavy atom. The van der Waals surface area contributed by atoms with Crippen molar-refractivity contribution in [1.29, 1.82) is 0 Å². The van der Waals surface area contributed by atoms with Crippen LogP contribution in [-0.4, -0.2) is 79.9 Å². The summed E-state index contributed by atoms with van der Waals surface area (Å²) < 4.78 is 42.1. The molecule has 35 heavy (non-hydrogen) atoms. The first-order chi connectivity index (χ1) is 16.4. The molecule has 0 spiro atoms. The van der Waals surface area contributed by atoms with E-state index in [-0.39, 0.29) is 26.4 Å². The number of unbranched alkanes of at least 4 members (excludes halogenated alkanes) is 4. The zero-order valence-corrected chi connectivity index (χ0v) is 22.9. The van der Waals surface area contributed by atoms with Gasteiger partial charge in [-0.1, -0.05) is 66.2 Å². The molecule has 0 bridgehead atoms. The summed E-state index contributed by atoms with van der Waals surface area (Å²) in [7, 11) is -4.74. The van der Waals surface area contributed by atoms with Crippen LogP contribution in [0.25, 0.3) is 0 Å². The number of aliphatic hydroxyl groups excluding tert-OH is 2. The van der Waals surface area contributed by atoms with Gasteiger partial charge in [0.2, 0.25) is 0 Å². The highest BCUT2D eigenvalue weighted by Crippen LogP contribution is 2.12. The number of rotatable bonds is 20. The molecule has 0 aliphatic heterocycles. The van der Waals surface area contributed by atoms with Crippen LogP contribution in [-0.2, 0) is 29.2 Å². The summed E-state index contributed by atoms with van der Waals surface area (Å²) in [5.41, 5.74) is 0. The number of hydrogen-bond acceptors (Lipinski definition) is 9. The lowest BCUT2D eigenvalue weighted by Gasteiger charge is -2.13. The number of carbonyl (C=O) groups excluding carboxylic acids is 2. The van der Waals surface area contributed by atoms with Gasteiger partial charge in [-0.05, 0) is 24.7 Å². The Morgan fingerprint density at radius 2 is 1.23 bits per heavy atom. The van der Waals surface area contributed by atoms with E-state index in [9.17, 15) is 22.6 Å². The van der Waals surface area contributed by atoms with Gasteiger partial charge >= 0.3 is 11.9 Å². The second-order valence-corrected chi connectivity index (χ2v) is 10.9. The second kappa shape index (κ2) is 23.1. The smallest absolute Gasteiger partial charge is 0.327 e. The van der Waals surface area contributed by atoms with Crippen LogP contribution >= 0.6 is 0 Å². The fourth-order valence-electron chi connectivity index (χ4n) is 2.92. The minimum absolute atomic E-state index is 0.0633. The summed E-state index contributed by atoms with van der Waals surface area (Å²) >= 11 is 0. The minimum atomic E-state index is -4.74. The van der Waals surface area contributed by atoms with Gasteiger partial charge in [-0.25, -0.2) is 0 Å². The average molecular weight is 528 g/mol. The standard InChI is InChI=1S/C20H38O7S.C4H11NO2/c1-16(2)11-7-5-9-13-26-19(21)15-18(28(23,24)25)20(22)27-14-10-6-8-12-17(3)4;6-3-1-5-2-4-7/h16-18H,5-15H2,1-4H3,(H,23,24,25);5-7H,1-4H2. The maximum Gasteiger partial charge on any atom is 0.327 e. The van der Waals surface area contributed by atoms with Crippen LogP contribution in [0.3, 0.4) is 0 Å². The Labute approximate surface area is 211 Å². The van der Waals surface area contributed by atoms with Gasteiger partial charge in [-0.2, -0.15) is 8.42 Å². The third-order valence-electron chi connectivity index (χ3n) is 4.91. The molecule has 1 unspecified atom stereocenters. The van der Waals surface area contributed by atoms with Gasteiger partial charge in [0.15, 0.2) is 5.25 Å². The molecule has 0 aromatic heterocycles. The highest BCUT2D eigenvalue weighted by Gasteiger charge is 2.35. The minimum Gasteiger partial charge on any atom is -0.466 e. The summed E-state index contributed by atoms with van der Waals surface area (Å²) in [6.07, 6.45) is 6.52. The van der Waals surface area contributed by atoms with Gasteiger partial charge in [-0.3, -0.25) is 14.1 Å². The molecule has 0 radical (unpaired) electrons. The Morgan fingerprint density at radius 1 is 0.771 bits per heavy atom. The molecule has 0 rings (SSSR count). The average Bonchev–Trinajstić information content (AvgIpc) is 2.76. The molecule has 1 atom stereocenters. The molecule has 4 N–H and O–H groups in total. The monoisotopic (exact) mass is 527 g/mol. The van der Waals surface area contributed by atoms with Crippen molar-refractivity contribution in [1.82, 2.24) is 5.32 Å². The summed E-state index contributed by atoms with van der Waals surface area (Å²) in [4.78, 5) is 23.8. The number of aliphatic hydroxyl groups is 2. The molecular formula is C24H49NO9S. The van der Waals surface area contributed by atoms with Crippen LogP contribution in [0.2, 0.25) is 0 Å². The molecule has 0 amide bonds. The SMILES string of the molecule is CC(C)CCCCCOC(=O)CC(C(=O)OCCCCCC(C)C)S(=O)(=O)O.OCCNCCO. The Hall–Kier alpha value is -1.27. The van der Waals surface area contributed by atoms with E-state index in [1.807, 2.05) is 0 Å². The molecule has 0 heterocycles. The van der Waals surface area contributed by atoms with Gasteiger partial charge in [0, 0.05) is 13.1 Å². The van der Waals surface area contributed by atoms with E-state index in [0.717, 1.165) is 38.5 Å². The molecule has 11 heteroatoms. The normalized spacial score (nSPS) is 12.3. The molecule has 10 nitrogen and oxygen atoms in total. The van der Waals surface area contributed by atoms with Gasteiger partial charge in [-0.15, -0.1) is 0 Å². The topological polar surface area (TPSA) is 159 Å². The van der Waals surface area contributed by atoms with Crippen molar-refractivity contribution in [2.75, 3.05) is 39.5 Å². The second-order valence-electron chi connectivity index (χ2n) is 9.28. The van der Waals surface area contributed by atoms with Crippen LogP contribution in [0.1, 0.15) is 85.5 Å². The molecule has 0 aliphatic rings. The van der Waals surface area contributed by atoms with Crippen LogP contribution in [0.5, 0.6) is 0 Å². The molecular weight excluding hydrogens is 478 g/mol. The van der Waals surface area contributed by atoms with Crippen molar-refractivity contribution in [2.24, 2.45) is 11.8 Å². The van der Waals surface area contributed by atoms with E-state index in [4.69, 9.17) is 19.7 Å². The molecule has 0 aromatic rings. The predicted octanol–water partition coefficient (Wildman–Crippen LogP) is 2.71. The van der Waals surface area contributed by atoms with E-state index in [1.54, 1.807) is 0 Å². The lowest BCUT2D eigenvalue weighted by Crippen LogP contribution is -2.34. The zero-order chi connectivity index (χ0) is 27.1. The Balaban J connectivity index is 0. The van der Waals surface area contributed by atoms with Crippen LogP contribution in [0.4, 0.5) is 0 Å². The Kier molecular flexibility index (Phi) is 23.7.